The van der Waals surface area contributed by atoms with Gasteiger partial charge in [-0.1, -0.05) is 44.2 Å². The second-order valence-corrected chi connectivity index (χ2v) is 5.16. The van der Waals surface area contributed by atoms with Crippen molar-refractivity contribution in [1.82, 2.24) is 0 Å². The summed E-state index contributed by atoms with van der Waals surface area (Å²) >= 11 is 0. The van der Waals surface area contributed by atoms with E-state index in [0.717, 1.165) is 30.4 Å². The van der Waals surface area contributed by atoms with E-state index in [9.17, 15) is 5.11 Å². The van der Waals surface area contributed by atoms with E-state index in [2.05, 4.69) is 38.7 Å². The van der Waals surface area contributed by atoms with Crippen LogP contribution in [0.5, 0.6) is 0 Å². The molecule has 2 atom stereocenters. The maximum absolute atomic E-state index is 9.91. The molecule has 1 heteroatoms. The van der Waals surface area contributed by atoms with Crippen molar-refractivity contribution in [3.05, 3.63) is 36.0 Å². The van der Waals surface area contributed by atoms with Crippen LogP contribution in [0.3, 0.4) is 0 Å². The summed E-state index contributed by atoms with van der Waals surface area (Å²) in [4.78, 5) is 0. The fourth-order valence-corrected chi connectivity index (χ4v) is 1.92. The highest BCUT2D eigenvalue weighted by molar-refractivity contribution is 5.18. The SMILES string of the molecule is C=C1/C=C/C(C(C)C)C/C=C(/C)C(O)CC1. The Bertz CT molecular complexity index is 297. The van der Waals surface area contributed by atoms with E-state index in [1.807, 2.05) is 6.92 Å². The number of allylic oxidation sites excluding steroid dienone is 4. The van der Waals surface area contributed by atoms with Crippen molar-refractivity contribution in [2.75, 3.05) is 0 Å². The number of aliphatic hydroxyl groups excluding tert-OH is 1. The minimum Gasteiger partial charge on any atom is -0.389 e. The van der Waals surface area contributed by atoms with Gasteiger partial charge in [-0.25, -0.2) is 0 Å². The molecule has 1 rings (SSSR count). The molecule has 1 aliphatic rings. The summed E-state index contributed by atoms with van der Waals surface area (Å²) < 4.78 is 0. The Morgan fingerprint density at radius 3 is 2.75 bits per heavy atom. The third-order valence-electron chi connectivity index (χ3n) is 3.41. The fraction of sp³-hybridized carbons (Fsp3) is 0.600. The first-order valence-corrected chi connectivity index (χ1v) is 6.21. The molecule has 0 heterocycles. The first-order chi connectivity index (χ1) is 7.50. The van der Waals surface area contributed by atoms with Crippen molar-refractivity contribution in [2.24, 2.45) is 11.8 Å². The van der Waals surface area contributed by atoms with Crippen LogP contribution in [0.4, 0.5) is 0 Å². The zero-order valence-corrected chi connectivity index (χ0v) is 10.7. The van der Waals surface area contributed by atoms with Crippen LogP contribution >= 0.6 is 0 Å². The minimum atomic E-state index is -0.295. The fourth-order valence-electron chi connectivity index (χ4n) is 1.92. The Morgan fingerprint density at radius 1 is 1.44 bits per heavy atom. The van der Waals surface area contributed by atoms with Crippen molar-refractivity contribution in [3.8, 4) is 0 Å². The first kappa shape index (κ1) is 13.2. The van der Waals surface area contributed by atoms with E-state index in [1.54, 1.807) is 0 Å². The third-order valence-corrected chi connectivity index (χ3v) is 3.41. The van der Waals surface area contributed by atoms with Crippen LogP contribution in [-0.4, -0.2) is 11.2 Å². The molecule has 0 aromatic carbocycles. The molecular weight excluding hydrogens is 196 g/mol. The van der Waals surface area contributed by atoms with Crippen molar-refractivity contribution < 1.29 is 5.11 Å². The molecule has 0 saturated carbocycles. The Labute approximate surface area is 99.6 Å². The quantitative estimate of drug-likeness (QED) is 0.665. The molecule has 0 aromatic heterocycles. The highest BCUT2D eigenvalue weighted by atomic mass is 16.3. The smallest absolute Gasteiger partial charge is 0.0750 e. The molecule has 0 aromatic rings. The summed E-state index contributed by atoms with van der Waals surface area (Å²) in [5, 5.41) is 9.91. The summed E-state index contributed by atoms with van der Waals surface area (Å²) in [7, 11) is 0. The lowest BCUT2D eigenvalue weighted by atomic mass is 9.88. The average molecular weight is 220 g/mol. The van der Waals surface area contributed by atoms with Crippen molar-refractivity contribution in [2.45, 2.75) is 46.1 Å². The normalized spacial score (nSPS) is 33.3. The monoisotopic (exact) mass is 220 g/mol. The molecule has 0 fully saturated rings. The van der Waals surface area contributed by atoms with Crippen LogP contribution < -0.4 is 0 Å². The molecule has 90 valence electrons. The number of hydrogen-bond acceptors (Lipinski definition) is 1. The van der Waals surface area contributed by atoms with Gasteiger partial charge in [0, 0.05) is 0 Å². The summed E-state index contributed by atoms with van der Waals surface area (Å²) in [6.07, 6.45) is 8.99. The van der Waals surface area contributed by atoms with E-state index in [0.29, 0.717) is 11.8 Å². The zero-order valence-electron chi connectivity index (χ0n) is 10.7. The molecule has 0 bridgehead atoms. The Balaban J connectivity index is 2.82. The molecule has 0 saturated heterocycles. The molecule has 1 aliphatic carbocycles. The predicted molar refractivity (Wildman–Crippen MR) is 70.2 cm³/mol. The van der Waals surface area contributed by atoms with E-state index < -0.39 is 0 Å². The average Bonchev–Trinajstić information content (AvgIpc) is 2.23. The zero-order chi connectivity index (χ0) is 12.1. The lowest BCUT2D eigenvalue weighted by molar-refractivity contribution is 0.200. The minimum absolute atomic E-state index is 0.295. The molecule has 0 amide bonds. The summed E-state index contributed by atoms with van der Waals surface area (Å²) in [6.45, 7) is 10.5. The summed E-state index contributed by atoms with van der Waals surface area (Å²) in [5.41, 5.74) is 2.23. The van der Waals surface area contributed by atoms with Crippen molar-refractivity contribution in [1.29, 1.82) is 0 Å². The van der Waals surface area contributed by atoms with E-state index in [1.165, 1.54) is 0 Å². The highest BCUT2D eigenvalue weighted by Gasteiger charge is 2.12. The van der Waals surface area contributed by atoms with E-state index in [4.69, 9.17) is 0 Å². The lowest BCUT2D eigenvalue weighted by Crippen LogP contribution is -2.11. The van der Waals surface area contributed by atoms with Gasteiger partial charge in [-0.05, 0) is 43.6 Å². The largest absolute Gasteiger partial charge is 0.389 e. The molecule has 1 N–H and O–H groups in total. The van der Waals surface area contributed by atoms with Gasteiger partial charge in [0.2, 0.25) is 0 Å². The van der Waals surface area contributed by atoms with Gasteiger partial charge in [-0.15, -0.1) is 0 Å². The number of hydrogen-bond donors (Lipinski definition) is 1. The van der Waals surface area contributed by atoms with Gasteiger partial charge in [0.05, 0.1) is 6.10 Å². The van der Waals surface area contributed by atoms with Crippen LogP contribution in [0.1, 0.15) is 40.0 Å². The predicted octanol–water partition coefficient (Wildman–Crippen LogP) is 3.86. The van der Waals surface area contributed by atoms with Crippen LogP contribution in [0.2, 0.25) is 0 Å². The Hall–Kier alpha value is -0.820. The number of rotatable bonds is 1. The standard InChI is InChI=1S/C15H24O/c1-11(2)14-8-5-12(3)6-10-15(16)13(4)7-9-14/h5,7-8,11,14-16H,3,6,9-10H2,1-2,4H3/b8-5+,13-7-. The van der Waals surface area contributed by atoms with Crippen molar-refractivity contribution in [3.63, 3.8) is 0 Å². The molecule has 1 nitrogen and oxygen atoms in total. The maximum Gasteiger partial charge on any atom is 0.0750 e. The van der Waals surface area contributed by atoms with Gasteiger partial charge in [0.15, 0.2) is 0 Å². The third kappa shape index (κ3) is 3.97. The van der Waals surface area contributed by atoms with Gasteiger partial charge in [-0.3, -0.25) is 0 Å². The highest BCUT2D eigenvalue weighted by Crippen LogP contribution is 2.23. The molecule has 0 spiro atoms. The van der Waals surface area contributed by atoms with Crippen molar-refractivity contribution >= 4 is 0 Å². The van der Waals surface area contributed by atoms with Crippen LogP contribution in [0, 0.1) is 11.8 Å². The van der Waals surface area contributed by atoms with E-state index >= 15 is 0 Å². The maximum atomic E-state index is 9.91. The Kier molecular flexibility index (Phi) is 5.01. The second-order valence-electron chi connectivity index (χ2n) is 5.16. The topological polar surface area (TPSA) is 20.2 Å². The first-order valence-electron chi connectivity index (χ1n) is 6.21. The molecule has 0 radical (unpaired) electrons. The molecule has 0 aliphatic heterocycles. The summed E-state index contributed by atoms with van der Waals surface area (Å²) in [5.74, 6) is 1.18. The van der Waals surface area contributed by atoms with E-state index in [-0.39, 0.29) is 6.10 Å². The number of aliphatic hydroxyl groups is 1. The summed E-state index contributed by atoms with van der Waals surface area (Å²) in [6, 6.07) is 0. The van der Waals surface area contributed by atoms with Gasteiger partial charge in [0.1, 0.15) is 0 Å². The van der Waals surface area contributed by atoms with Gasteiger partial charge < -0.3 is 5.11 Å². The van der Waals surface area contributed by atoms with Crippen LogP contribution in [0.15, 0.2) is 36.0 Å². The molecule has 16 heavy (non-hydrogen) atoms. The second kappa shape index (κ2) is 6.05. The lowest BCUT2D eigenvalue weighted by Gasteiger charge is -2.19. The van der Waals surface area contributed by atoms with Gasteiger partial charge in [-0.2, -0.15) is 0 Å². The van der Waals surface area contributed by atoms with Crippen LogP contribution in [-0.2, 0) is 0 Å². The molecule has 2 unspecified atom stereocenters. The van der Waals surface area contributed by atoms with Crippen LogP contribution in [0.25, 0.3) is 0 Å². The van der Waals surface area contributed by atoms with Gasteiger partial charge >= 0.3 is 0 Å². The Morgan fingerprint density at radius 2 is 2.12 bits per heavy atom. The van der Waals surface area contributed by atoms with Gasteiger partial charge in [0.25, 0.3) is 0 Å². The molecular formula is C15H24O.